The van der Waals surface area contributed by atoms with Crippen LogP contribution in [0.4, 0.5) is 4.39 Å². The molecule has 0 heterocycles. The van der Waals surface area contributed by atoms with Gasteiger partial charge in [-0.25, -0.2) is 4.39 Å². The summed E-state index contributed by atoms with van der Waals surface area (Å²) in [5, 5.41) is 0. The Morgan fingerprint density at radius 1 is 1.29 bits per heavy atom. The number of hydrogen-bond donors (Lipinski definition) is 0. The average Bonchev–Trinajstić information content (AvgIpc) is 2.64. The van der Waals surface area contributed by atoms with Gasteiger partial charge in [-0.2, -0.15) is 0 Å². The predicted molar refractivity (Wildman–Crippen MR) is 74.6 cm³/mol. The molecule has 1 fully saturated rings. The highest BCUT2D eigenvalue weighted by Crippen LogP contribution is 2.41. The Kier molecular flexibility index (Phi) is 7.30. The van der Waals surface area contributed by atoms with E-state index >= 15 is 0 Å². The number of hydrogen-bond acceptors (Lipinski definition) is 1. The Hall–Kier alpha value is 0.0600. The van der Waals surface area contributed by atoms with Crippen molar-refractivity contribution in [2.45, 2.75) is 64.6 Å². The number of allylic oxidation sites excluding steroid dienone is 2. The van der Waals surface area contributed by atoms with Gasteiger partial charge in [0.15, 0.2) is 0 Å². The molecule has 0 aromatic carbocycles. The lowest BCUT2D eigenvalue weighted by Gasteiger charge is -2.21. The standard InChI is InChI=1S/C14H26FOP/c1-3-5-6-7-8-9-12-11(4-2)13(15)10-14(12)16-17/h7-8,11-14H,3-6,9-10,17H2,1-2H3/b8-7-/t11-,12-,13?,14?/m1/s1. The molecule has 5 atom stereocenters. The van der Waals surface area contributed by atoms with E-state index in [1.807, 2.05) is 0 Å². The second-order valence-electron chi connectivity index (χ2n) is 5.01. The van der Waals surface area contributed by atoms with Crippen molar-refractivity contribution in [3.05, 3.63) is 12.2 Å². The maximum Gasteiger partial charge on any atom is 0.106 e. The summed E-state index contributed by atoms with van der Waals surface area (Å²) < 4.78 is 19.1. The molecule has 100 valence electrons. The van der Waals surface area contributed by atoms with Crippen molar-refractivity contribution < 1.29 is 8.91 Å². The third kappa shape index (κ3) is 4.34. The summed E-state index contributed by atoms with van der Waals surface area (Å²) in [6.45, 7) is 4.28. The molecule has 0 aliphatic heterocycles. The molecule has 0 bridgehead atoms. The lowest BCUT2D eigenvalue weighted by molar-refractivity contribution is 0.166. The predicted octanol–water partition coefficient (Wildman–Crippen LogP) is 4.68. The van der Waals surface area contributed by atoms with Crippen LogP contribution in [0, 0.1) is 11.8 Å². The van der Waals surface area contributed by atoms with E-state index in [0.29, 0.717) is 12.3 Å². The number of unbranched alkanes of at least 4 members (excludes halogenated alkanes) is 2. The Bertz CT molecular complexity index is 232. The minimum atomic E-state index is -0.681. The summed E-state index contributed by atoms with van der Waals surface area (Å²) in [4.78, 5) is 0. The highest BCUT2D eigenvalue weighted by atomic mass is 31.0. The summed E-state index contributed by atoms with van der Waals surface area (Å²) in [7, 11) is 2.30. The molecular weight excluding hydrogens is 234 g/mol. The molecule has 1 saturated carbocycles. The van der Waals surface area contributed by atoms with Gasteiger partial charge in [-0.15, -0.1) is 0 Å². The van der Waals surface area contributed by atoms with Gasteiger partial charge in [-0.1, -0.05) is 45.3 Å². The van der Waals surface area contributed by atoms with Crippen molar-refractivity contribution in [2.75, 3.05) is 0 Å². The van der Waals surface area contributed by atoms with E-state index in [1.165, 1.54) is 12.8 Å². The van der Waals surface area contributed by atoms with Crippen molar-refractivity contribution in [3.63, 3.8) is 0 Å². The maximum absolute atomic E-state index is 13.8. The Morgan fingerprint density at radius 3 is 2.65 bits per heavy atom. The molecule has 0 amide bonds. The molecule has 1 nitrogen and oxygen atoms in total. The first-order valence-corrected chi connectivity index (χ1v) is 7.36. The van der Waals surface area contributed by atoms with Gasteiger partial charge in [0.2, 0.25) is 0 Å². The van der Waals surface area contributed by atoms with Crippen molar-refractivity contribution in [1.29, 1.82) is 0 Å². The highest BCUT2D eigenvalue weighted by molar-refractivity contribution is 7.09. The van der Waals surface area contributed by atoms with Crippen LogP contribution in [-0.2, 0) is 4.52 Å². The molecule has 0 saturated heterocycles. The van der Waals surface area contributed by atoms with Gasteiger partial charge < -0.3 is 4.52 Å². The molecule has 0 radical (unpaired) electrons. The molecule has 0 aromatic heterocycles. The topological polar surface area (TPSA) is 9.23 Å². The Labute approximate surface area is 107 Å². The van der Waals surface area contributed by atoms with Crippen molar-refractivity contribution in [1.82, 2.24) is 0 Å². The summed E-state index contributed by atoms with van der Waals surface area (Å²) in [5.74, 6) is 0.529. The molecule has 1 aliphatic rings. The van der Waals surface area contributed by atoms with Gasteiger partial charge in [-0.05, 0) is 24.7 Å². The highest BCUT2D eigenvalue weighted by Gasteiger charge is 2.41. The van der Waals surface area contributed by atoms with Crippen LogP contribution in [0.5, 0.6) is 0 Å². The van der Waals surface area contributed by atoms with E-state index in [4.69, 9.17) is 4.52 Å². The largest absolute Gasteiger partial charge is 0.362 e. The fourth-order valence-electron chi connectivity index (χ4n) is 2.85. The van der Waals surface area contributed by atoms with E-state index in [1.54, 1.807) is 0 Å². The second-order valence-corrected chi connectivity index (χ2v) is 5.28. The third-order valence-electron chi connectivity index (χ3n) is 3.89. The summed E-state index contributed by atoms with van der Waals surface area (Å²) in [6, 6.07) is 0. The van der Waals surface area contributed by atoms with Crippen LogP contribution < -0.4 is 0 Å². The van der Waals surface area contributed by atoms with Gasteiger partial charge in [0.05, 0.1) is 6.10 Å². The SMILES string of the molecule is CCCC/C=C\C[C@H]1C(OP)CC(F)[C@@H]1CC. The average molecular weight is 260 g/mol. The second kappa shape index (κ2) is 8.21. The van der Waals surface area contributed by atoms with E-state index in [0.717, 1.165) is 19.3 Å². The van der Waals surface area contributed by atoms with Gasteiger partial charge >= 0.3 is 0 Å². The van der Waals surface area contributed by atoms with E-state index < -0.39 is 6.17 Å². The molecule has 17 heavy (non-hydrogen) atoms. The molecule has 0 N–H and O–H groups in total. The van der Waals surface area contributed by atoms with Gasteiger partial charge in [0.1, 0.15) is 6.17 Å². The first-order chi connectivity index (χ1) is 8.24. The first kappa shape index (κ1) is 15.1. The van der Waals surface area contributed by atoms with E-state index in [9.17, 15) is 4.39 Å². The fraction of sp³-hybridized carbons (Fsp3) is 0.857. The number of halogens is 1. The molecule has 0 spiro atoms. The zero-order chi connectivity index (χ0) is 12.7. The lowest BCUT2D eigenvalue weighted by Crippen LogP contribution is -2.20. The molecule has 3 unspecified atom stereocenters. The van der Waals surface area contributed by atoms with Crippen molar-refractivity contribution in [3.8, 4) is 0 Å². The molecule has 3 heteroatoms. The zero-order valence-corrected chi connectivity index (χ0v) is 12.2. The zero-order valence-electron chi connectivity index (χ0n) is 11.1. The molecular formula is C14H26FOP. The molecule has 0 aromatic rings. The third-order valence-corrected chi connectivity index (χ3v) is 4.24. The van der Waals surface area contributed by atoms with Crippen LogP contribution >= 0.6 is 9.47 Å². The Balaban J connectivity index is 2.44. The first-order valence-electron chi connectivity index (χ1n) is 6.89. The van der Waals surface area contributed by atoms with E-state index in [-0.39, 0.29) is 12.0 Å². The van der Waals surface area contributed by atoms with Crippen LogP contribution in [0.25, 0.3) is 0 Å². The van der Waals surface area contributed by atoms with Crippen LogP contribution in [0.2, 0.25) is 0 Å². The smallest absolute Gasteiger partial charge is 0.106 e. The minimum Gasteiger partial charge on any atom is -0.362 e. The van der Waals surface area contributed by atoms with Crippen molar-refractivity contribution >= 4 is 9.47 Å². The quantitative estimate of drug-likeness (QED) is 0.367. The van der Waals surface area contributed by atoms with Gasteiger partial charge in [-0.3, -0.25) is 0 Å². The molecule has 1 rings (SSSR count). The van der Waals surface area contributed by atoms with Crippen LogP contribution in [0.3, 0.4) is 0 Å². The number of rotatable bonds is 7. The monoisotopic (exact) mass is 260 g/mol. The van der Waals surface area contributed by atoms with Crippen LogP contribution in [-0.4, -0.2) is 12.3 Å². The molecule has 1 aliphatic carbocycles. The summed E-state index contributed by atoms with van der Waals surface area (Å²) >= 11 is 0. The van der Waals surface area contributed by atoms with Crippen molar-refractivity contribution in [2.24, 2.45) is 11.8 Å². The van der Waals surface area contributed by atoms with Crippen LogP contribution in [0.15, 0.2) is 12.2 Å². The number of alkyl halides is 1. The lowest BCUT2D eigenvalue weighted by atomic mass is 9.89. The normalized spacial score (nSPS) is 33.6. The fourth-order valence-corrected chi connectivity index (χ4v) is 3.16. The van der Waals surface area contributed by atoms with Gasteiger partial charge in [0.25, 0.3) is 0 Å². The summed E-state index contributed by atoms with van der Waals surface area (Å²) in [5.41, 5.74) is 0. The maximum atomic E-state index is 13.8. The minimum absolute atomic E-state index is 0.0794. The van der Waals surface area contributed by atoms with E-state index in [2.05, 4.69) is 35.5 Å². The Morgan fingerprint density at radius 2 is 2.06 bits per heavy atom. The summed E-state index contributed by atoms with van der Waals surface area (Å²) in [6.07, 6.45) is 9.92. The van der Waals surface area contributed by atoms with Gasteiger partial charge in [0, 0.05) is 15.9 Å². The van der Waals surface area contributed by atoms with Crippen LogP contribution in [0.1, 0.15) is 52.4 Å².